The van der Waals surface area contributed by atoms with Crippen LogP contribution in [-0.4, -0.2) is 33.6 Å². The van der Waals surface area contributed by atoms with Gasteiger partial charge in [0.15, 0.2) is 0 Å². The molecular formula is C22H22FN5O2S. The maximum Gasteiger partial charge on any atom is 0.322 e. The molecule has 2 aromatic carbocycles. The maximum atomic E-state index is 13.3. The molecule has 160 valence electrons. The van der Waals surface area contributed by atoms with E-state index >= 15 is 0 Å². The zero-order chi connectivity index (χ0) is 22.0. The molecule has 0 spiro atoms. The molecule has 9 heteroatoms. The van der Waals surface area contributed by atoms with Crippen molar-refractivity contribution in [1.29, 1.82) is 0 Å². The van der Waals surface area contributed by atoms with Crippen LogP contribution in [0.1, 0.15) is 44.8 Å². The number of nitrogens with zero attached hydrogens (tertiary/aromatic N) is 3. The fourth-order valence-electron chi connectivity index (χ4n) is 3.62. The van der Waals surface area contributed by atoms with Crippen LogP contribution in [0, 0.1) is 19.7 Å². The van der Waals surface area contributed by atoms with Crippen molar-refractivity contribution in [2.24, 2.45) is 0 Å². The summed E-state index contributed by atoms with van der Waals surface area (Å²) >= 11 is 1.14. The third-order valence-corrected chi connectivity index (χ3v) is 6.16. The second kappa shape index (κ2) is 8.81. The van der Waals surface area contributed by atoms with E-state index in [4.69, 9.17) is 0 Å². The lowest BCUT2D eigenvalue weighted by Gasteiger charge is -2.23. The first-order valence-electron chi connectivity index (χ1n) is 9.96. The van der Waals surface area contributed by atoms with E-state index in [1.54, 1.807) is 11.0 Å². The van der Waals surface area contributed by atoms with Crippen LogP contribution in [0.15, 0.2) is 42.5 Å². The van der Waals surface area contributed by atoms with Crippen molar-refractivity contribution in [3.8, 4) is 0 Å². The molecule has 0 unspecified atom stereocenters. The van der Waals surface area contributed by atoms with Gasteiger partial charge in [-0.1, -0.05) is 35.1 Å². The standard InChI is InChI=1S/C22H22FN5O2S/c1-13-8-9-17(14(2)11-13)25-22(30)28-10-4-7-18(28)20-26-27-21(31-20)19(29)24-16-6-3-5-15(23)12-16/h3,5-6,8-9,11-12,18H,4,7,10H2,1-2H3,(H,24,29)(H,25,30)/t18-/m1/s1. The second-order valence-corrected chi connectivity index (χ2v) is 8.52. The number of urea groups is 1. The molecule has 4 rings (SSSR count). The van der Waals surface area contributed by atoms with E-state index in [9.17, 15) is 14.0 Å². The fourth-order valence-corrected chi connectivity index (χ4v) is 4.51. The summed E-state index contributed by atoms with van der Waals surface area (Å²) in [6, 6.07) is 11.1. The van der Waals surface area contributed by atoms with Crippen molar-refractivity contribution < 1.29 is 14.0 Å². The Kier molecular flexibility index (Phi) is 5.94. The first-order valence-corrected chi connectivity index (χ1v) is 10.8. The monoisotopic (exact) mass is 439 g/mol. The Balaban J connectivity index is 1.46. The summed E-state index contributed by atoms with van der Waals surface area (Å²) in [6.45, 7) is 4.57. The Morgan fingerprint density at radius 3 is 2.74 bits per heavy atom. The van der Waals surface area contributed by atoms with Crippen molar-refractivity contribution >= 4 is 34.6 Å². The zero-order valence-electron chi connectivity index (χ0n) is 17.2. The Hall–Kier alpha value is -3.33. The smallest absolute Gasteiger partial charge is 0.320 e. The number of halogens is 1. The summed E-state index contributed by atoms with van der Waals surface area (Å²) in [5, 5.41) is 14.5. The summed E-state index contributed by atoms with van der Waals surface area (Å²) in [4.78, 5) is 27.1. The molecule has 0 radical (unpaired) electrons. The molecule has 0 saturated carbocycles. The lowest BCUT2D eigenvalue weighted by atomic mass is 10.1. The molecule has 0 bridgehead atoms. The first-order chi connectivity index (χ1) is 14.9. The van der Waals surface area contributed by atoms with Gasteiger partial charge >= 0.3 is 6.03 Å². The highest BCUT2D eigenvalue weighted by atomic mass is 32.1. The van der Waals surface area contributed by atoms with Crippen LogP contribution in [-0.2, 0) is 0 Å². The minimum absolute atomic E-state index is 0.167. The van der Waals surface area contributed by atoms with Crippen LogP contribution >= 0.6 is 11.3 Å². The average molecular weight is 440 g/mol. The number of aromatic nitrogens is 2. The Labute approximate surface area is 183 Å². The highest BCUT2D eigenvalue weighted by molar-refractivity contribution is 7.13. The molecule has 1 saturated heterocycles. The molecule has 1 fully saturated rings. The van der Waals surface area contributed by atoms with Gasteiger partial charge in [-0.3, -0.25) is 4.79 Å². The summed E-state index contributed by atoms with van der Waals surface area (Å²) in [6.07, 6.45) is 1.59. The van der Waals surface area contributed by atoms with Crippen molar-refractivity contribution in [3.63, 3.8) is 0 Å². The number of benzene rings is 2. The van der Waals surface area contributed by atoms with E-state index in [0.717, 1.165) is 41.0 Å². The molecule has 7 nitrogen and oxygen atoms in total. The summed E-state index contributed by atoms with van der Waals surface area (Å²) < 4.78 is 13.3. The van der Waals surface area contributed by atoms with E-state index in [0.29, 0.717) is 17.2 Å². The normalized spacial score (nSPS) is 15.7. The number of likely N-dealkylation sites (tertiary alicyclic amines) is 1. The lowest BCUT2D eigenvalue weighted by molar-refractivity contribution is 0.102. The van der Waals surface area contributed by atoms with Crippen molar-refractivity contribution in [2.45, 2.75) is 32.7 Å². The fraction of sp³-hybridized carbons (Fsp3) is 0.273. The Bertz CT molecular complexity index is 1130. The van der Waals surface area contributed by atoms with Gasteiger partial charge in [0.1, 0.15) is 10.8 Å². The molecule has 31 heavy (non-hydrogen) atoms. The van der Waals surface area contributed by atoms with E-state index < -0.39 is 11.7 Å². The van der Waals surface area contributed by atoms with Crippen LogP contribution in [0.3, 0.4) is 0 Å². The molecule has 3 amide bonds. The highest BCUT2D eigenvalue weighted by Gasteiger charge is 2.33. The maximum absolute atomic E-state index is 13.3. The predicted molar refractivity (Wildman–Crippen MR) is 118 cm³/mol. The van der Waals surface area contributed by atoms with Crippen LogP contribution in [0.5, 0.6) is 0 Å². The quantitative estimate of drug-likeness (QED) is 0.604. The number of hydrogen-bond donors (Lipinski definition) is 2. The largest absolute Gasteiger partial charge is 0.322 e. The van der Waals surface area contributed by atoms with Crippen LogP contribution < -0.4 is 10.6 Å². The summed E-state index contributed by atoms with van der Waals surface area (Å²) in [5.74, 6) is -0.897. The molecule has 3 aromatic rings. The number of hydrogen-bond acceptors (Lipinski definition) is 5. The van der Waals surface area contributed by atoms with Gasteiger partial charge in [0.05, 0.1) is 6.04 Å². The van der Waals surface area contributed by atoms with E-state index in [-0.39, 0.29) is 17.1 Å². The second-order valence-electron chi connectivity index (χ2n) is 7.51. The van der Waals surface area contributed by atoms with E-state index in [1.165, 1.54) is 18.2 Å². The topological polar surface area (TPSA) is 87.2 Å². The Morgan fingerprint density at radius 1 is 1.13 bits per heavy atom. The van der Waals surface area contributed by atoms with Gasteiger partial charge in [-0.15, -0.1) is 10.2 Å². The van der Waals surface area contributed by atoms with Crippen molar-refractivity contribution in [1.82, 2.24) is 15.1 Å². The van der Waals surface area contributed by atoms with Gasteiger partial charge < -0.3 is 15.5 Å². The molecule has 1 aliphatic heterocycles. The lowest BCUT2D eigenvalue weighted by Crippen LogP contribution is -2.34. The molecule has 0 aliphatic carbocycles. The Morgan fingerprint density at radius 2 is 1.97 bits per heavy atom. The SMILES string of the molecule is Cc1ccc(NC(=O)N2CCC[C@@H]2c2nnc(C(=O)Nc3cccc(F)c3)s2)c(C)c1. The first kappa shape index (κ1) is 20.9. The van der Waals surface area contributed by atoms with Gasteiger partial charge in [0.2, 0.25) is 5.01 Å². The summed E-state index contributed by atoms with van der Waals surface area (Å²) in [5.41, 5.74) is 3.24. The number of anilines is 2. The van der Waals surface area contributed by atoms with Gasteiger partial charge in [-0.25, -0.2) is 9.18 Å². The number of amides is 3. The van der Waals surface area contributed by atoms with Gasteiger partial charge in [-0.05, 0) is 56.5 Å². The van der Waals surface area contributed by atoms with Crippen LogP contribution in [0.25, 0.3) is 0 Å². The number of carbonyl (C=O) groups is 2. The van der Waals surface area contributed by atoms with Gasteiger partial charge in [-0.2, -0.15) is 0 Å². The van der Waals surface area contributed by atoms with Gasteiger partial charge in [0.25, 0.3) is 5.91 Å². The average Bonchev–Trinajstić information content (AvgIpc) is 3.39. The van der Waals surface area contributed by atoms with E-state index in [1.807, 2.05) is 32.0 Å². The minimum Gasteiger partial charge on any atom is -0.320 e. The van der Waals surface area contributed by atoms with Crippen LogP contribution in [0.2, 0.25) is 0 Å². The van der Waals surface area contributed by atoms with Crippen LogP contribution in [0.4, 0.5) is 20.6 Å². The zero-order valence-corrected chi connectivity index (χ0v) is 18.0. The third-order valence-electron chi connectivity index (χ3n) is 5.14. The molecule has 2 N–H and O–H groups in total. The molecule has 1 atom stereocenters. The highest BCUT2D eigenvalue weighted by Crippen LogP contribution is 2.34. The van der Waals surface area contributed by atoms with Gasteiger partial charge in [0, 0.05) is 17.9 Å². The number of aryl methyl sites for hydroxylation is 2. The molecule has 1 aromatic heterocycles. The van der Waals surface area contributed by atoms with E-state index in [2.05, 4.69) is 20.8 Å². The number of rotatable bonds is 4. The van der Waals surface area contributed by atoms with Crippen molar-refractivity contribution in [2.75, 3.05) is 17.2 Å². The predicted octanol–water partition coefficient (Wildman–Crippen LogP) is 4.92. The third kappa shape index (κ3) is 4.72. The number of carbonyl (C=O) groups excluding carboxylic acids is 2. The summed E-state index contributed by atoms with van der Waals surface area (Å²) in [7, 11) is 0. The molecule has 2 heterocycles. The number of nitrogens with one attached hydrogen (secondary N) is 2. The molecule has 1 aliphatic rings. The van der Waals surface area contributed by atoms with Crippen molar-refractivity contribution in [3.05, 3.63) is 69.4 Å². The minimum atomic E-state index is -0.460. The molecular weight excluding hydrogens is 417 g/mol.